The SMILES string of the molecule is Cc1sc(C)c2c1C(=O)N(c1cccc(OC(C)(C)C)c1)C2=O. The van der Waals surface area contributed by atoms with Crippen molar-refractivity contribution < 1.29 is 14.3 Å². The first-order valence-electron chi connectivity index (χ1n) is 7.47. The molecule has 23 heavy (non-hydrogen) atoms. The molecule has 0 saturated heterocycles. The van der Waals surface area contributed by atoms with E-state index in [0.29, 0.717) is 22.6 Å². The van der Waals surface area contributed by atoms with E-state index >= 15 is 0 Å². The normalized spacial score (nSPS) is 14.4. The van der Waals surface area contributed by atoms with Crippen molar-refractivity contribution in [1.29, 1.82) is 0 Å². The topological polar surface area (TPSA) is 46.6 Å². The lowest BCUT2D eigenvalue weighted by molar-refractivity contribution is 0.0926. The van der Waals surface area contributed by atoms with Gasteiger partial charge in [0.1, 0.15) is 11.4 Å². The Morgan fingerprint density at radius 3 is 2.09 bits per heavy atom. The van der Waals surface area contributed by atoms with Gasteiger partial charge in [0.25, 0.3) is 11.8 Å². The van der Waals surface area contributed by atoms with Crippen molar-refractivity contribution in [3.8, 4) is 5.75 Å². The Morgan fingerprint density at radius 2 is 1.57 bits per heavy atom. The number of ether oxygens (including phenoxy) is 1. The number of amides is 2. The summed E-state index contributed by atoms with van der Waals surface area (Å²) in [5.41, 5.74) is 1.28. The van der Waals surface area contributed by atoms with E-state index in [0.717, 1.165) is 9.75 Å². The molecule has 0 atom stereocenters. The van der Waals surface area contributed by atoms with Crippen LogP contribution in [0.1, 0.15) is 51.2 Å². The van der Waals surface area contributed by atoms with Crippen molar-refractivity contribution in [3.63, 3.8) is 0 Å². The van der Waals surface area contributed by atoms with Gasteiger partial charge in [-0.2, -0.15) is 0 Å². The minimum atomic E-state index is -0.344. The molecule has 4 nitrogen and oxygen atoms in total. The number of imide groups is 1. The molecule has 0 N–H and O–H groups in total. The zero-order valence-corrected chi connectivity index (χ0v) is 14.7. The van der Waals surface area contributed by atoms with E-state index in [1.807, 2.05) is 40.7 Å². The van der Waals surface area contributed by atoms with Crippen LogP contribution in [-0.4, -0.2) is 17.4 Å². The fourth-order valence-electron chi connectivity index (χ4n) is 2.79. The maximum absolute atomic E-state index is 12.7. The average molecular weight is 329 g/mol. The van der Waals surface area contributed by atoms with Gasteiger partial charge in [0.15, 0.2) is 0 Å². The van der Waals surface area contributed by atoms with Crippen LogP contribution in [0, 0.1) is 13.8 Å². The van der Waals surface area contributed by atoms with Crippen LogP contribution < -0.4 is 9.64 Å². The number of fused-ring (bicyclic) bond motifs is 1. The zero-order chi connectivity index (χ0) is 16.9. The van der Waals surface area contributed by atoms with Crippen molar-refractivity contribution in [2.24, 2.45) is 0 Å². The summed E-state index contributed by atoms with van der Waals surface area (Å²) >= 11 is 1.49. The Balaban J connectivity index is 2.01. The van der Waals surface area contributed by atoms with Gasteiger partial charge in [-0.3, -0.25) is 9.59 Å². The van der Waals surface area contributed by atoms with E-state index in [1.165, 1.54) is 16.2 Å². The van der Waals surface area contributed by atoms with Gasteiger partial charge in [0, 0.05) is 15.8 Å². The molecule has 0 spiro atoms. The smallest absolute Gasteiger partial charge is 0.267 e. The van der Waals surface area contributed by atoms with Crippen molar-refractivity contribution in [3.05, 3.63) is 45.1 Å². The highest BCUT2D eigenvalue weighted by Gasteiger charge is 2.40. The first-order chi connectivity index (χ1) is 10.7. The molecule has 2 amide bonds. The Labute approximate surface area is 139 Å². The summed E-state index contributed by atoms with van der Waals surface area (Å²) in [5, 5.41) is 0. The van der Waals surface area contributed by atoms with Gasteiger partial charge in [0.2, 0.25) is 0 Å². The monoisotopic (exact) mass is 329 g/mol. The number of hydrogen-bond donors (Lipinski definition) is 0. The molecule has 2 aromatic rings. The van der Waals surface area contributed by atoms with Crippen molar-refractivity contribution >= 4 is 28.8 Å². The molecule has 3 rings (SSSR count). The lowest BCUT2D eigenvalue weighted by Gasteiger charge is -2.22. The van der Waals surface area contributed by atoms with Crippen molar-refractivity contribution in [1.82, 2.24) is 0 Å². The lowest BCUT2D eigenvalue weighted by Crippen LogP contribution is -2.30. The zero-order valence-electron chi connectivity index (χ0n) is 13.9. The molecule has 1 aliphatic rings. The van der Waals surface area contributed by atoms with E-state index in [2.05, 4.69) is 0 Å². The van der Waals surface area contributed by atoms with Crippen LogP contribution in [-0.2, 0) is 0 Å². The molecule has 0 aliphatic carbocycles. The van der Waals surface area contributed by atoms with E-state index in [4.69, 9.17) is 4.74 Å². The number of thiophene rings is 1. The second kappa shape index (κ2) is 5.20. The van der Waals surface area contributed by atoms with Gasteiger partial charge < -0.3 is 4.74 Å². The molecular formula is C18H19NO3S. The summed E-state index contributed by atoms with van der Waals surface area (Å²) in [4.78, 5) is 28.4. The number of aryl methyl sites for hydroxylation is 2. The summed E-state index contributed by atoms with van der Waals surface area (Å²) in [6, 6.07) is 7.11. The summed E-state index contributed by atoms with van der Waals surface area (Å²) in [7, 11) is 0. The Hall–Kier alpha value is -2.14. The highest BCUT2D eigenvalue weighted by atomic mass is 32.1. The average Bonchev–Trinajstić information content (AvgIpc) is 2.85. The molecule has 0 unspecified atom stereocenters. The number of rotatable bonds is 2. The van der Waals surface area contributed by atoms with E-state index in [9.17, 15) is 9.59 Å². The molecule has 1 aliphatic heterocycles. The van der Waals surface area contributed by atoms with Gasteiger partial charge in [-0.15, -0.1) is 11.3 Å². The molecular weight excluding hydrogens is 310 g/mol. The molecule has 0 fully saturated rings. The molecule has 1 aromatic carbocycles. The first-order valence-corrected chi connectivity index (χ1v) is 8.28. The van der Waals surface area contributed by atoms with Crippen LogP contribution in [0.2, 0.25) is 0 Å². The number of hydrogen-bond acceptors (Lipinski definition) is 4. The van der Waals surface area contributed by atoms with Crippen LogP contribution in [0.15, 0.2) is 24.3 Å². The second-order valence-corrected chi connectivity index (χ2v) is 8.05. The summed E-state index contributed by atoms with van der Waals surface area (Å²) in [6.07, 6.45) is 0. The molecule has 5 heteroatoms. The molecule has 120 valence electrons. The van der Waals surface area contributed by atoms with Gasteiger partial charge in [-0.1, -0.05) is 6.07 Å². The number of carbonyl (C=O) groups is 2. The minimum absolute atomic E-state index is 0.250. The highest BCUT2D eigenvalue weighted by Crippen LogP contribution is 2.37. The van der Waals surface area contributed by atoms with Crippen LogP contribution >= 0.6 is 11.3 Å². The third kappa shape index (κ3) is 2.65. The van der Waals surface area contributed by atoms with Crippen molar-refractivity contribution in [2.45, 2.75) is 40.2 Å². The molecule has 0 saturated carbocycles. The van der Waals surface area contributed by atoms with Gasteiger partial charge >= 0.3 is 0 Å². The van der Waals surface area contributed by atoms with Gasteiger partial charge in [-0.05, 0) is 46.8 Å². The maximum Gasteiger partial charge on any atom is 0.267 e. The standard InChI is InChI=1S/C18H19NO3S/c1-10-14-15(11(2)23-10)17(21)19(16(14)20)12-7-6-8-13(9-12)22-18(3,4)5/h6-9H,1-5H3. The highest BCUT2D eigenvalue weighted by molar-refractivity contribution is 7.12. The van der Waals surface area contributed by atoms with Gasteiger partial charge in [-0.25, -0.2) is 4.90 Å². The Morgan fingerprint density at radius 1 is 1.00 bits per heavy atom. The fraction of sp³-hybridized carbons (Fsp3) is 0.333. The molecule has 2 heterocycles. The van der Waals surface area contributed by atoms with E-state index in [1.54, 1.807) is 18.2 Å². The predicted molar refractivity (Wildman–Crippen MR) is 91.8 cm³/mol. The summed E-state index contributed by atoms with van der Waals surface area (Å²) in [5.74, 6) is 0.137. The lowest BCUT2D eigenvalue weighted by atomic mass is 10.1. The first kappa shape index (κ1) is 15.7. The third-order valence-corrected chi connectivity index (χ3v) is 4.61. The van der Waals surface area contributed by atoms with Crippen LogP contribution in [0.5, 0.6) is 5.75 Å². The summed E-state index contributed by atoms with van der Waals surface area (Å²) in [6.45, 7) is 9.62. The molecule has 0 bridgehead atoms. The van der Waals surface area contributed by atoms with Crippen molar-refractivity contribution in [2.75, 3.05) is 4.90 Å². The quantitative estimate of drug-likeness (QED) is 0.770. The van der Waals surface area contributed by atoms with E-state index in [-0.39, 0.29) is 17.4 Å². The number of anilines is 1. The fourth-order valence-corrected chi connectivity index (χ4v) is 3.83. The summed E-state index contributed by atoms with van der Waals surface area (Å²) < 4.78 is 5.83. The van der Waals surface area contributed by atoms with Crippen LogP contribution in [0.4, 0.5) is 5.69 Å². The number of benzene rings is 1. The second-order valence-electron chi connectivity index (χ2n) is 6.62. The van der Waals surface area contributed by atoms with Crippen LogP contribution in [0.3, 0.4) is 0 Å². The Kier molecular flexibility index (Phi) is 3.56. The van der Waals surface area contributed by atoms with Crippen LogP contribution in [0.25, 0.3) is 0 Å². The van der Waals surface area contributed by atoms with Gasteiger partial charge in [0.05, 0.1) is 16.8 Å². The largest absolute Gasteiger partial charge is 0.488 e. The molecule has 1 aromatic heterocycles. The van der Waals surface area contributed by atoms with E-state index < -0.39 is 0 Å². The third-order valence-electron chi connectivity index (χ3n) is 3.59. The minimum Gasteiger partial charge on any atom is -0.488 e. The number of carbonyl (C=O) groups excluding carboxylic acids is 2. The predicted octanol–water partition coefficient (Wildman–Crippen LogP) is 4.34. The maximum atomic E-state index is 12.7. The Bertz CT molecular complexity index is 778. The number of nitrogens with zero attached hydrogens (tertiary/aromatic N) is 1. The molecule has 0 radical (unpaired) electrons.